The topological polar surface area (TPSA) is 114 Å². The lowest BCUT2D eigenvalue weighted by Gasteiger charge is -2.38. The van der Waals surface area contributed by atoms with Gasteiger partial charge in [-0.2, -0.15) is 0 Å². The predicted octanol–water partition coefficient (Wildman–Crippen LogP) is 6.46. The normalized spacial score (nSPS) is 23.0. The van der Waals surface area contributed by atoms with E-state index in [4.69, 9.17) is 0 Å². The van der Waals surface area contributed by atoms with Crippen molar-refractivity contribution in [1.82, 2.24) is 14.8 Å². The molecule has 2 aliphatic heterocycles. The van der Waals surface area contributed by atoms with Crippen molar-refractivity contribution in [3.63, 3.8) is 0 Å². The van der Waals surface area contributed by atoms with Gasteiger partial charge < -0.3 is 15.3 Å². The van der Waals surface area contributed by atoms with Gasteiger partial charge in [0.1, 0.15) is 5.75 Å². The molecule has 6 rings (SSSR count). The largest absolute Gasteiger partial charge is 0.507 e. The fraction of sp³-hybridized carbons (Fsp3) is 0.425. The Hall–Kier alpha value is -3.63. The second-order valence-electron chi connectivity index (χ2n) is 13.9. The van der Waals surface area contributed by atoms with Gasteiger partial charge in [0.05, 0.1) is 30.2 Å². The van der Waals surface area contributed by atoms with Crippen molar-refractivity contribution >= 4 is 39.4 Å². The van der Waals surface area contributed by atoms with Gasteiger partial charge >= 0.3 is 0 Å². The molecule has 2 amide bonds. The van der Waals surface area contributed by atoms with Crippen LogP contribution in [0.4, 0.5) is 0 Å². The fourth-order valence-electron chi connectivity index (χ4n) is 8.11. The highest BCUT2D eigenvalue weighted by Crippen LogP contribution is 2.49. The first-order valence-corrected chi connectivity index (χ1v) is 18.2. The van der Waals surface area contributed by atoms with Crippen LogP contribution < -0.4 is 0 Å². The van der Waals surface area contributed by atoms with Crippen molar-refractivity contribution < 1.29 is 24.9 Å². The van der Waals surface area contributed by atoms with Gasteiger partial charge in [0.25, 0.3) is 0 Å². The number of nitrogens with zero attached hydrogens (tertiary/aromatic N) is 3. The number of carbonyl (C=O) groups excluding carboxylic acids is 2. The van der Waals surface area contributed by atoms with Crippen LogP contribution >= 0.6 is 15.9 Å². The lowest BCUT2D eigenvalue weighted by atomic mass is 9.66. The summed E-state index contributed by atoms with van der Waals surface area (Å²) in [6.07, 6.45) is 5.28. The number of pyridine rings is 1. The summed E-state index contributed by atoms with van der Waals surface area (Å²) in [6.45, 7) is 6.23. The number of likely N-dealkylation sites (tertiary alicyclic amines) is 2. The smallest absolute Gasteiger partial charge is 0.234 e. The Labute approximate surface area is 297 Å². The van der Waals surface area contributed by atoms with Gasteiger partial charge in [-0.15, -0.1) is 0 Å². The molecule has 3 aromatic rings. The molecule has 2 saturated heterocycles. The first-order chi connectivity index (χ1) is 23.7. The van der Waals surface area contributed by atoms with Crippen molar-refractivity contribution in [2.45, 2.75) is 64.6 Å². The Morgan fingerprint density at radius 1 is 1.02 bits per heavy atom. The van der Waals surface area contributed by atoms with Crippen LogP contribution in [0.15, 0.2) is 88.5 Å². The first-order valence-electron chi connectivity index (χ1n) is 17.4. The number of phenolic OH excluding ortho intramolecular Hbond substituents is 1. The lowest BCUT2D eigenvalue weighted by Crippen LogP contribution is -2.47. The second-order valence-corrected chi connectivity index (χ2v) is 14.9. The van der Waals surface area contributed by atoms with E-state index >= 15 is 0 Å². The van der Waals surface area contributed by atoms with Crippen molar-refractivity contribution in [2.24, 2.45) is 23.7 Å². The first kappa shape index (κ1) is 35.2. The van der Waals surface area contributed by atoms with Crippen molar-refractivity contribution in [3.05, 3.63) is 105 Å². The van der Waals surface area contributed by atoms with Crippen molar-refractivity contribution in [2.75, 3.05) is 19.7 Å². The summed E-state index contributed by atoms with van der Waals surface area (Å²) in [4.78, 5) is 36.6. The number of rotatable bonds is 11. The monoisotopic (exact) mass is 727 g/mol. The average molecular weight is 729 g/mol. The molecule has 0 unspecified atom stereocenters. The minimum atomic E-state index is -0.933. The van der Waals surface area contributed by atoms with Crippen LogP contribution in [0.25, 0.3) is 11.6 Å². The van der Waals surface area contributed by atoms with Gasteiger partial charge in [-0.05, 0) is 91.1 Å². The number of amides is 2. The molecule has 49 heavy (non-hydrogen) atoms. The van der Waals surface area contributed by atoms with Crippen LogP contribution in [0, 0.1) is 23.7 Å². The molecule has 3 N–H and O–H groups in total. The zero-order chi connectivity index (χ0) is 34.7. The minimum Gasteiger partial charge on any atom is -0.507 e. The molecule has 0 bridgehead atoms. The molecule has 2 aromatic carbocycles. The summed E-state index contributed by atoms with van der Waals surface area (Å²) < 4.78 is 0.828. The molecule has 2 fully saturated rings. The molecular weight excluding hydrogens is 682 g/mol. The van der Waals surface area contributed by atoms with Crippen LogP contribution in [0.3, 0.4) is 0 Å². The average Bonchev–Trinajstić information content (AvgIpc) is 3.36. The third-order valence-electron chi connectivity index (χ3n) is 10.6. The second kappa shape index (κ2) is 15.5. The van der Waals surface area contributed by atoms with Crippen molar-refractivity contribution in [3.8, 4) is 5.75 Å². The third-order valence-corrected chi connectivity index (χ3v) is 11.1. The summed E-state index contributed by atoms with van der Waals surface area (Å²) in [5, 5.41) is 33.3. The number of aliphatic hydroxyl groups excluding tert-OH is 2. The highest BCUT2D eigenvalue weighted by Gasteiger charge is 2.56. The highest BCUT2D eigenvalue weighted by atomic mass is 79.9. The molecule has 0 radical (unpaired) electrons. The fourth-order valence-corrected chi connectivity index (χ4v) is 8.49. The highest BCUT2D eigenvalue weighted by molar-refractivity contribution is 9.10. The minimum absolute atomic E-state index is 0.0299. The third kappa shape index (κ3) is 7.60. The van der Waals surface area contributed by atoms with Crippen LogP contribution in [0.5, 0.6) is 5.75 Å². The maximum Gasteiger partial charge on any atom is 0.234 e. The number of aliphatic hydroxyl groups is 2. The molecule has 4 atom stereocenters. The maximum absolute atomic E-state index is 14.2. The number of aromatic hydroxyl groups is 1. The zero-order valence-electron chi connectivity index (χ0n) is 28.2. The molecule has 258 valence electrons. The van der Waals surface area contributed by atoms with Gasteiger partial charge in [-0.25, -0.2) is 0 Å². The van der Waals surface area contributed by atoms with E-state index < -0.39 is 23.9 Å². The lowest BCUT2D eigenvalue weighted by molar-refractivity contribution is -0.144. The number of benzene rings is 2. The molecule has 8 nitrogen and oxygen atoms in total. The zero-order valence-corrected chi connectivity index (χ0v) is 29.8. The molecule has 9 heteroatoms. The molecule has 1 aromatic heterocycles. The number of hydrogen-bond acceptors (Lipinski definition) is 7. The Morgan fingerprint density at radius 2 is 1.76 bits per heavy atom. The van der Waals surface area contributed by atoms with Crippen LogP contribution in [0.1, 0.15) is 62.8 Å². The molecule has 0 saturated carbocycles. The van der Waals surface area contributed by atoms with Gasteiger partial charge in [0.15, 0.2) is 0 Å². The number of allylic oxidation sites excluding steroid dienone is 2. The molecule has 1 aliphatic carbocycles. The van der Waals surface area contributed by atoms with Crippen molar-refractivity contribution in [1.29, 1.82) is 0 Å². The van der Waals surface area contributed by atoms with E-state index in [0.29, 0.717) is 30.4 Å². The Kier molecular flexibility index (Phi) is 11.1. The molecular formula is C40H46BrN3O5. The molecule has 0 spiro atoms. The number of hydrogen-bond donors (Lipinski definition) is 3. The quantitative estimate of drug-likeness (QED) is 0.153. The summed E-state index contributed by atoms with van der Waals surface area (Å²) in [5.41, 5.74) is 5.11. The van der Waals surface area contributed by atoms with E-state index in [1.54, 1.807) is 18.3 Å². The summed E-state index contributed by atoms with van der Waals surface area (Å²) in [5.74, 6) is -2.01. The number of fused-ring (bicyclic) bond motifs is 1. The van der Waals surface area contributed by atoms with E-state index in [-0.39, 0.29) is 36.1 Å². The van der Waals surface area contributed by atoms with Crippen LogP contribution in [-0.2, 0) is 16.1 Å². The van der Waals surface area contributed by atoms with Gasteiger partial charge in [-0.3, -0.25) is 24.4 Å². The number of imide groups is 1. The van der Waals surface area contributed by atoms with Gasteiger partial charge in [0, 0.05) is 47.8 Å². The Morgan fingerprint density at radius 3 is 2.43 bits per heavy atom. The van der Waals surface area contributed by atoms with Crippen LogP contribution in [0.2, 0.25) is 0 Å². The number of halogens is 1. The van der Waals surface area contributed by atoms with Crippen LogP contribution in [-0.4, -0.2) is 73.8 Å². The van der Waals surface area contributed by atoms with E-state index in [9.17, 15) is 24.9 Å². The van der Waals surface area contributed by atoms with E-state index in [0.717, 1.165) is 53.8 Å². The van der Waals surface area contributed by atoms with E-state index in [1.807, 2.05) is 62.4 Å². The number of aromatic nitrogens is 1. The maximum atomic E-state index is 14.2. The summed E-state index contributed by atoms with van der Waals surface area (Å²) in [6, 6.07) is 21.0. The predicted molar refractivity (Wildman–Crippen MR) is 194 cm³/mol. The summed E-state index contributed by atoms with van der Waals surface area (Å²) in [7, 11) is 0. The van der Waals surface area contributed by atoms with Gasteiger partial charge in [-0.1, -0.05) is 71.7 Å². The SMILES string of the molecule is CC(C)C1=C([C@H](O)CC/C(=C/c2cc(Br)ccc2O)c2ccccn2)[C@H](CO)[C@@H]2C(=O)N(C3CCN(Cc4ccccc4)CC3)C(=O)[C@@H]2C1. The molecule has 3 heterocycles. The van der Waals surface area contributed by atoms with E-state index in [2.05, 4.69) is 37.9 Å². The molecule has 3 aliphatic rings. The summed E-state index contributed by atoms with van der Waals surface area (Å²) >= 11 is 3.48. The Bertz CT molecular complexity index is 1700. The van der Waals surface area contributed by atoms with Gasteiger partial charge in [0.2, 0.25) is 11.8 Å². The standard InChI is InChI=1S/C40H46BrN3O5/c1-25(2)31-22-32-38(40(49)44(39(32)48)30-15-18-43(19-16-30)23-26-8-4-3-5-9-26)33(24-45)37(31)36(47)13-11-27(34-10-6-7-17-42-34)20-28-21-29(41)12-14-35(28)46/h3-10,12,14,17,20-21,25,30,32-33,36,38,45-47H,11,13,15-16,18-19,22-24H2,1-2H3/b27-20-/t32-,33+,36-,38-/m1/s1. The Balaban J connectivity index is 1.21. The number of carbonyl (C=O) groups is 2. The number of piperidine rings is 1. The van der Waals surface area contributed by atoms with E-state index in [1.165, 1.54) is 10.5 Å². The number of phenols is 1.